The van der Waals surface area contributed by atoms with Gasteiger partial charge in [-0.05, 0) is 60.7 Å². The van der Waals surface area contributed by atoms with Gasteiger partial charge >= 0.3 is 0 Å². The molecule has 4 heteroatoms. The number of hydrogen-bond acceptors (Lipinski definition) is 2. The monoisotopic (exact) mass is 443 g/mol. The van der Waals surface area contributed by atoms with E-state index in [1.165, 1.54) is 21.8 Å². The lowest BCUT2D eigenvalue weighted by atomic mass is 10.2. The second-order valence-electron chi connectivity index (χ2n) is 7.88. The van der Waals surface area contributed by atoms with Gasteiger partial charge in [-0.1, -0.05) is 60.7 Å². The van der Waals surface area contributed by atoms with Crippen LogP contribution in [0.4, 0.5) is 11.4 Å². The predicted octanol–water partition coefficient (Wildman–Crippen LogP) is 7.24. The number of fused-ring (bicyclic) bond motifs is 3. The quantitative estimate of drug-likeness (QED) is 0.262. The number of nitrogens with zero attached hydrogens (tertiary/aromatic N) is 3. The minimum atomic E-state index is 0.404. The van der Waals surface area contributed by atoms with E-state index in [2.05, 4.69) is 123 Å². The predicted molar refractivity (Wildman–Crippen MR) is 142 cm³/mol. The Labute approximate surface area is 194 Å². The largest absolute Gasteiger partial charge is 0.317 e. The highest BCUT2D eigenvalue weighted by Gasteiger charge is 2.14. The molecule has 158 valence electrons. The number of para-hydroxylation sites is 3. The summed E-state index contributed by atoms with van der Waals surface area (Å²) < 4.78 is 4.68. The van der Waals surface area contributed by atoms with Crippen molar-refractivity contribution < 1.29 is 0 Å². The number of rotatable bonds is 5. The smallest absolute Gasteiger partial charge is 0.0811 e. The van der Waals surface area contributed by atoms with E-state index in [1.54, 1.807) is 0 Å². The van der Waals surface area contributed by atoms with E-state index < -0.39 is 0 Å². The molecule has 1 unspecified atom stereocenters. The first kappa shape index (κ1) is 19.7. The molecule has 1 atom stereocenters. The van der Waals surface area contributed by atoms with E-state index >= 15 is 0 Å². The molecule has 2 aromatic heterocycles. The Morgan fingerprint density at radius 2 is 1.12 bits per heavy atom. The Morgan fingerprint density at radius 3 is 1.76 bits per heavy atom. The Balaban J connectivity index is 1.44. The summed E-state index contributed by atoms with van der Waals surface area (Å²) in [4.78, 5) is 4.56. The molecule has 0 aliphatic rings. The number of pyridine rings is 1. The van der Waals surface area contributed by atoms with Crippen molar-refractivity contribution >= 4 is 47.3 Å². The van der Waals surface area contributed by atoms with Gasteiger partial charge in [-0.25, -0.2) is 0 Å². The van der Waals surface area contributed by atoms with Crippen molar-refractivity contribution in [3.8, 4) is 5.69 Å². The first-order valence-electron chi connectivity index (χ1n) is 11.0. The molecule has 0 saturated carbocycles. The second kappa shape index (κ2) is 8.54. The van der Waals surface area contributed by atoms with Crippen molar-refractivity contribution in [1.82, 2.24) is 9.55 Å². The minimum Gasteiger partial charge on any atom is -0.317 e. The minimum absolute atomic E-state index is 0.404. The Hall–Kier alpha value is -3.94. The summed E-state index contributed by atoms with van der Waals surface area (Å²) in [5, 5.41) is 2.56. The standard InChI is InChI=1S/C29H22N3P/c1-2-10-23(11-3-1)32(33-29-16-8-9-21-30-29)24-19-17-22(18-20-24)31-27-14-6-4-12-25(27)26-13-5-7-15-28(26)31/h1-21,33H. The van der Waals surface area contributed by atoms with E-state index in [4.69, 9.17) is 0 Å². The van der Waals surface area contributed by atoms with Crippen molar-refractivity contribution in [3.63, 3.8) is 0 Å². The maximum absolute atomic E-state index is 4.56. The lowest BCUT2D eigenvalue weighted by molar-refractivity contribution is 1.18. The number of anilines is 2. The third-order valence-corrected chi connectivity index (χ3v) is 7.12. The van der Waals surface area contributed by atoms with Gasteiger partial charge in [0.15, 0.2) is 0 Å². The normalized spacial score (nSPS) is 11.5. The van der Waals surface area contributed by atoms with Crippen LogP contribution < -0.4 is 10.1 Å². The molecule has 6 aromatic rings. The van der Waals surface area contributed by atoms with E-state index in [0.717, 1.165) is 22.5 Å². The average molecular weight is 443 g/mol. The SMILES string of the molecule is c1ccc(N(Pc2ccccn2)c2ccc(-n3c4ccccc4c4ccccc43)cc2)cc1. The fourth-order valence-electron chi connectivity index (χ4n) is 4.35. The van der Waals surface area contributed by atoms with Gasteiger partial charge in [0.1, 0.15) is 0 Å². The topological polar surface area (TPSA) is 21.1 Å². The van der Waals surface area contributed by atoms with Gasteiger partial charge in [-0.15, -0.1) is 0 Å². The third-order valence-electron chi connectivity index (χ3n) is 5.85. The fourth-order valence-corrected chi connectivity index (χ4v) is 5.44. The average Bonchev–Trinajstić information content (AvgIpc) is 3.23. The third kappa shape index (κ3) is 3.67. The number of hydrogen-bond donors (Lipinski definition) is 0. The summed E-state index contributed by atoms with van der Waals surface area (Å²) in [6.07, 6.45) is 1.86. The van der Waals surface area contributed by atoms with Crippen LogP contribution in [0, 0.1) is 0 Å². The van der Waals surface area contributed by atoms with Gasteiger partial charge in [-0.2, -0.15) is 0 Å². The first-order chi connectivity index (χ1) is 16.4. The van der Waals surface area contributed by atoms with Gasteiger partial charge in [0.25, 0.3) is 0 Å². The lowest BCUT2D eigenvalue weighted by Crippen LogP contribution is -2.12. The molecular weight excluding hydrogens is 421 g/mol. The lowest BCUT2D eigenvalue weighted by Gasteiger charge is -2.24. The van der Waals surface area contributed by atoms with Gasteiger partial charge in [-0.3, -0.25) is 4.98 Å². The molecule has 0 amide bonds. The summed E-state index contributed by atoms with van der Waals surface area (Å²) in [6.45, 7) is 0. The van der Waals surface area contributed by atoms with Crippen LogP contribution in [-0.2, 0) is 0 Å². The van der Waals surface area contributed by atoms with Crippen molar-refractivity contribution in [3.05, 3.63) is 128 Å². The van der Waals surface area contributed by atoms with Crippen LogP contribution >= 0.6 is 8.73 Å². The van der Waals surface area contributed by atoms with Crippen LogP contribution in [-0.4, -0.2) is 9.55 Å². The fraction of sp³-hybridized carbons (Fsp3) is 0. The molecule has 33 heavy (non-hydrogen) atoms. The Morgan fingerprint density at radius 1 is 0.545 bits per heavy atom. The molecule has 4 aromatic carbocycles. The molecule has 0 saturated heterocycles. The van der Waals surface area contributed by atoms with E-state index in [1.807, 2.05) is 18.3 Å². The van der Waals surface area contributed by atoms with E-state index in [-0.39, 0.29) is 0 Å². The van der Waals surface area contributed by atoms with Crippen LogP contribution in [0.2, 0.25) is 0 Å². The van der Waals surface area contributed by atoms with Crippen LogP contribution in [0.3, 0.4) is 0 Å². The molecule has 0 N–H and O–H groups in total. The zero-order chi connectivity index (χ0) is 22.0. The Kier molecular flexibility index (Phi) is 5.10. The highest BCUT2D eigenvalue weighted by molar-refractivity contribution is 7.49. The van der Waals surface area contributed by atoms with Gasteiger partial charge in [0.05, 0.1) is 16.5 Å². The Bertz CT molecular complexity index is 1470. The van der Waals surface area contributed by atoms with E-state index in [0.29, 0.717) is 8.73 Å². The summed E-state index contributed by atoms with van der Waals surface area (Å²) in [7, 11) is 0.404. The molecule has 0 fully saturated rings. The van der Waals surface area contributed by atoms with Gasteiger partial charge in [0.2, 0.25) is 0 Å². The maximum atomic E-state index is 4.56. The molecule has 0 aliphatic carbocycles. The van der Waals surface area contributed by atoms with Crippen LogP contribution in [0.25, 0.3) is 27.5 Å². The van der Waals surface area contributed by atoms with Crippen LogP contribution in [0.15, 0.2) is 128 Å². The molecule has 0 bridgehead atoms. The van der Waals surface area contributed by atoms with Gasteiger partial charge < -0.3 is 9.24 Å². The zero-order valence-electron chi connectivity index (χ0n) is 18.0. The summed E-state index contributed by atoms with van der Waals surface area (Å²) in [5.74, 6) is 0. The van der Waals surface area contributed by atoms with Crippen molar-refractivity contribution in [2.75, 3.05) is 4.67 Å². The van der Waals surface area contributed by atoms with Crippen LogP contribution in [0.1, 0.15) is 0 Å². The van der Waals surface area contributed by atoms with E-state index in [9.17, 15) is 0 Å². The second-order valence-corrected chi connectivity index (χ2v) is 9.07. The van der Waals surface area contributed by atoms with Crippen LogP contribution in [0.5, 0.6) is 0 Å². The van der Waals surface area contributed by atoms with Crippen molar-refractivity contribution in [2.45, 2.75) is 0 Å². The molecule has 2 heterocycles. The molecule has 6 rings (SSSR count). The van der Waals surface area contributed by atoms with Gasteiger partial charge in [0, 0.05) is 42.8 Å². The van der Waals surface area contributed by atoms with Crippen molar-refractivity contribution in [1.29, 1.82) is 0 Å². The molecular formula is C29H22N3P. The highest BCUT2D eigenvalue weighted by Crippen LogP contribution is 2.37. The number of benzene rings is 4. The molecule has 0 spiro atoms. The molecule has 0 radical (unpaired) electrons. The summed E-state index contributed by atoms with van der Waals surface area (Å²) in [5.41, 5.74) is 6.97. The molecule has 0 aliphatic heterocycles. The zero-order valence-corrected chi connectivity index (χ0v) is 19.0. The first-order valence-corrected chi connectivity index (χ1v) is 11.9. The summed E-state index contributed by atoms with van der Waals surface area (Å²) >= 11 is 0. The molecule has 3 nitrogen and oxygen atoms in total. The van der Waals surface area contributed by atoms with Crippen molar-refractivity contribution in [2.24, 2.45) is 0 Å². The number of aromatic nitrogens is 2. The maximum Gasteiger partial charge on any atom is 0.0811 e. The highest BCUT2D eigenvalue weighted by atomic mass is 31.1. The summed E-state index contributed by atoms with van der Waals surface area (Å²) in [6, 6.07) is 42.7.